The molecule has 1 heterocycles. The molecule has 3 heteroatoms. The van der Waals surface area contributed by atoms with E-state index in [2.05, 4.69) is 11.9 Å². The van der Waals surface area contributed by atoms with E-state index in [9.17, 15) is 0 Å². The topological polar surface area (TPSA) is 48.1 Å². The van der Waals surface area contributed by atoms with Gasteiger partial charge in [-0.25, -0.2) is 4.98 Å². The van der Waals surface area contributed by atoms with Crippen molar-refractivity contribution in [2.75, 3.05) is 6.61 Å². The summed E-state index contributed by atoms with van der Waals surface area (Å²) in [6.45, 7) is 4.87. The Bertz CT molecular complexity index is 269. The Morgan fingerprint density at radius 1 is 1.40 bits per heavy atom. The fraction of sp³-hybridized carbons (Fsp3) is 0.583. The van der Waals surface area contributed by atoms with Gasteiger partial charge in [0.25, 0.3) is 0 Å². The minimum atomic E-state index is 0.0339. The maximum Gasteiger partial charge on any atom is 0.213 e. The molecular formula is C12H20N2O. The van der Waals surface area contributed by atoms with E-state index < -0.39 is 0 Å². The number of hydrogen-bond acceptors (Lipinski definition) is 3. The van der Waals surface area contributed by atoms with Gasteiger partial charge in [0.1, 0.15) is 0 Å². The third-order valence-corrected chi connectivity index (χ3v) is 2.28. The van der Waals surface area contributed by atoms with Crippen molar-refractivity contribution >= 4 is 0 Å². The average Bonchev–Trinajstić information content (AvgIpc) is 2.25. The summed E-state index contributed by atoms with van der Waals surface area (Å²) in [6.07, 6.45) is 5.28. The summed E-state index contributed by atoms with van der Waals surface area (Å²) in [5.74, 6) is 0.690. The van der Waals surface area contributed by atoms with E-state index in [1.54, 1.807) is 6.20 Å². The number of nitrogens with two attached hydrogens (primary N) is 1. The fourth-order valence-corrected chi connectivity index (χ4v) is 1.28. The van der Waals surface area contributed by atoms with Gasteiger partial charge in [0, 0.05) is 18.3 Å². The van der Waals surface area contributed by atoms with Crippen LogP contribution >= 0.6 is 0 Å². The molecule has 0 fully saturated rings. The quantitative estimate of drug-likeness (QED) is 0.731. The van der Waals surface area contributed by atoms with Gasteiger partial charge in [0.15, 0.2) is 0 Å². The lowest BCUT2D eigenvalue weighted by atomic mass is 10.2. The zero-order valence-electron chi connectivity index (χ0n) is 9.57. The van der Waals surface area contributed by atoms with Crippen LogP contribution in [0, 0.1) is 0 Å². The van der Waals surface area contributed by atoms with Crippen LogP contribution in [0.25, 0.3) is 0 Å². The summed E-state index contributed by atoms with van der Waals surface area (Å²) < 4.78 is 5.49. The standard InChI is InChI=1S/C12H20N2O/c1-3-4-5-8-15-12-7-6-11(9-14-12)10(2)13/h6-7,9-10H,3-5,8,13H2,1-2H3/t10-/m0/s1. The third kappa shape index (κ3) is 4.30. The lowest BCUT2D eigenvalue weighted by molar-refractivity contribution is 0.295. The first-order chi connectivity index (χ1) is 7.24. The van der Waals surface area contributed by atoms with Gasteiger partial charge in [0.2, 0.25) is 5.88 Å². The first-order valence-electron chi connectivity index (χ1n) is 5.58. The molecule has 0 aliphatic carbocycles. The van der Waals surface area contributed by atoms with E-state index in [1.807, 2.05) is 19.1 Å². The lowest BCUT2D eigenvalue weighted by Crippen LogP contribution is -2.06. The van der Waals surface area contributed by atoms with Crippen molar-refractivity contribution in [1.29, 1.82) is 0 Å². The van der Waals surface area contributed by atoms with Crippen LogP contribution < -0.4 is 10.5 Å². The second kappa shape index (κ2) is 6.40. The number of hydrogen-bond donors (Lipinski definition) is 1. The normalized spacial score (nSPS) is 12.5. The van der Waals surface area contributed by atoms with Crippen molar-refractivity contribution in [2.45, 2.75) is 39.2 Å². The van der Waals surface area contributed by atoms with Crippen LogP contribution in [0.3, 0.4) is 0 Å². The highest BCUT2D eigenvalue weighted by molar-refractivity contribution is 5.19. The molecule has 1 rings (SSSR count). The largest absolute Gasteiger partial charge is 0.478 e. The Hall–Kier alpha value is -1.09. The zero-order valence-corrected chi connectivity index (χ0v) is 9.57. The molecule has 84 valence electrons. The number of unbranched alkanes of at least 4 members (excludes halogenated alkanes) is 2. The maximum atomic E-state index is 5.72. The number of rotatable bonds is 6. The molecule has 3 nitrogen and oxygen atoms in total. The van der Waals surface area contributed by atoms with Gasteiger partial charge in [-0.15, -0.1) is 0 Å². The Morgan fingerprint density at radius 2 is 2.20 bits per heavy atom. The van der Waals surface area contributed by atoms with Crippen LogP contribution in [-0.2, 0) is 0 Å². The minimum absolute atomic E-state index is 0.0339. The van der Waals surface area contributed by atoms with E-state index in [4.69, 9.17) is 10.5 Å². The van der Waals surface area contributed by atoms with Crippen LogP contribution in [0.4, 0.5) is 0 Å². The van der Waals surface area contributed by atoms with E-state index in [1.165, 1.54) is 12.8 Å². The molecule has 0 saturated carbocycles. The Labute approximate surface area is 91.7 Å². The molecule has 0 aliphatic heterocycles. The van der Waals surface area contributed by atoms with Gasteiger partial charge in [-0.05, 0) is 18.9 Å². The van der Waals surface area contributed by atoms with Gasteiger partial charge in [-0.1, -0.05) is 25.8 Å². The van der Waals surface area contributed by atoms with Gasteiger partial charge in [-0.3, -0.25) is 0 Å². The van der Waals surface area contributed by atoms with E-state index in [-0.39, 0.29) is 6.04 Å². The first-order valence-corrected chi connectivity index (χ1v) is 5.58. The minimum Gasteiger partial charge on any atom is -0.478 e. The second-order valence-electron chi connectivity index (χ2n) is 3.77. The van der Waals surface area contributed by atoms with Crippen molar-refractivity contribution in [1.82, 2.24) is 4.98 Å². The summed E-state index contributed by atoms with van der Waals surface area (Å²) in [5.41, 5.74) is 6.76. The average molecular weight is 208 g/mol. The second-order valence-corrected chi connectivity index (χ2v) is 3.77. The van der Waals surface area contributed by atoms with Crippen molar-refractivity contribution in [2.24, 2.45) is 5.73 Å². The molecule has 15 heavy (non-hydrogen) atoms. The molecule has 0 aromatic carbocycles. The maximum absolute atomic E-state index is 5.72. The summed E-state index contributed by atoms with van der Waals surface area (Å²) >= 11 is 0. The third-order valence-electron chi connectivity index (χ3n) is 2.28. The van der Waals surface area contributed by atoms with Crippen LogP contribution in [0.5, 0.6) is 5.88 Å². The molecule has 0 radical (unpaired) electrons. The number of aromatic nitrogens is 1. The molecule has 0 bridgehead atoms. The Morgan fingerprint density at radius 3 is 2.73 bits per heavy atom. The van der Waals surface area contributed by atoms with Gasteiger partial charge < -0.3 is 10.5 Å². The van der Waals surface area contributed by atoms with Gasteiger partial charge >= 0.3 is 0 Å². The van der Waals surface area contributed by atoms with Crippen molar-refractivity contribution in [3.8, 4) is 5.88 Å². The first kappa shape index (κ1) is 12.0. The van der Waals surface area contributed by atoms with Crippen LogP contribution in [0.2, 0.25) is 0 Å². The molecule has 1 aromatic rings. The van der Waals surface area contributed by atoms with E-state index in [0.29, 0.717) is 5.88 Å². The lowest BCUT2D eigenvalue weighted by Gasteiger charge is -2.07. The van der Waals surface area contributed by atoms with Crippen molar-refractivity contribution < 1.29 is 4.74 Å². The molecule has 1 aromatic heterocycles. The van der Waals surface area contributed by atoms with Gasteiger partial charge in [-0.2, -0.15) is 0 Å². The molecule has 2 N–H and O–H groups in total. The monoisotopic (exact) mass is 208 g/mol. The Balaban J connectivity index is 2.36. The molecule has 0 aliphatic rings. The van der Waals surface area contributed by atoms with Crippen molar-refractivity contribution in [3.05, 3.63) is 23.9 Å². The zero-order chi connectivity index (χ0) is 11.1. The Kier molecular flexibility index (Phi) is 5.12. The highest BCUT2D eigenvalue weighted by Crippen LogP contribution is 2.12. The van der Waals surface area contributed by atoms with E-state index >= 15 is 0 Å². The molecule has 0 spiro atoms. The van der Waals surface area contributed by atoms with Crippen LogP contribution in [0.15, 0.2) is 18.3 Å². The molecule has 1 atom stereocenters. The summed E-state index contributed by atoms with van der Waals surface area (Å²) in [5, 5.41) is 0. The highest BCUT2D eigenvalue weighted by atomic mass is 16.5. The molecule has 0 saturated heterocycles. The van der Waals surface area contributed by atoms with Crippen LogP contribution in [0.1, 0.15) is 44.7 Å². The molecule has 0 amide bonds. The molecule has 0 unspecified atom stereocenters. The van der Waals surface area contributed by atoms with E-state index in [0.717, 1.165) is 18.6 Å². The number of ether oxygens (including phenoxy) is 1. The smallest absolute Gasteiger partial charge is 0.213 e. The highest BCUT2D eigenvalue weighted by Gasteiger charge is 2.00. The number of pyridine rings is 1. The number of nitrogens with zero attached hydrogens (tertiary/aromatic N) is 1. The molecular weight excluding hydrogens is 188 g/mol. The summed E-state index contributed by atoms with van der Waals surface area (Å²) in [4.78, 5) is 4.20. The SMILES string of the molecule is CCCCCOc1ccc([C@H](C)N)cn1. The van der Waals surface area contributed by atoms with Crippen molar-refractivity contribution in [3.63, 3.8) is 0 Å². The van der Waals surface area contributed by atoms with Crippen LogP contribution in [-0.4, -0.2) is 11.6 Å². The predicted molar refractivity (Wildman–Crippen MR) is 61.9 cm³/mol. The van der Waals surface area contributed by atoms with Gasteiger partial charge in [0.05, 0.1) is 6.61 Å². The predicted octanol–water partition coefficient (Wildman–Crippen LogP) is 2.67. The summed E-state index contributed by atoms with van der Waals surface area (Å²) in [7, 11) is 0. The summed E-state index contributed by atoms with van der Waals surface area (Å²) in [6, 6.07) is 3.88. The fourth-order valence-electron chi connectivity index (χ4n) is 1.28.